The van der Waals surface area contributed by atoms with E-state index in [0.717, 1.165) is 16.3 Å². The number of thiazole rings is 1. The second-order valence-corrected chi connectivity index (χ2v) is 6.68. The molecular formula is C18H22N2O4S. The number of hydrogen-bond donors (Lipinski definition) is 2. The Kier molecular flexibility index (Phi) is 6.52. The fraction of sp³-hybridized carbons (Fsp3) is 0.389. The van der Waals surface area contributed by atoms with Crippen LogP contribution in [0.1, 0.15) is 26.0 Å². The number of carbonyl (C=O) groups excluding carboxylic acids is 1. The summed E-state index contributed by atoms with van der Waals surface area (Å²) in [5, 5.41) is 14.4. The van der Waals surface area contributed by atoms with Gasteiger partial charge in [-0.15, -0.1) is 11.3 Å². The summed E-state index contributed by atoms with van der Waals surface area (Å²) < 4.78 is 5.20. The third-order valence-electron chi connectivity index (χ3n) is 4.01. The van der Waals surface area contributed by atoms with Crippen molar-refractivity contribution in [3.63, 3.8) is 0 Å². The molecule has 1 heterocycles. The minimum atomic E-state index is -1.02. The number of nitrogens with one attached hydrogen (secondary N) is 1. The number of carboxylic acid groups (broad SMARTS) is 1. The minimum Gasteiger partial charge on any atom is -0.497 e. The SMILES string of the molecule is CC[C@H](C)[C@@H](NC(=O)Cc1csc(-c2cccc(OC)c2)n1)C(=O)O. The van der Waals surface area contributed by atoms with Crippen LogP contribution in [0.25, 0.3) is 10.6 Å². The fourth-order valence-corrected chi connectivity index (χ4v) is 3.17. The van der Waals surface area contributed by atoms with Crippen LogP contribution in [-0.4, -0.2) is 35.1 Å². The maximum absolute atomic E-state index is 12.2. The van der Waals surface area contributed by atoms with Crippen LogP contribution in [0.5, 0.6) is 5.75 Å². The lowest BCUT2D eigenvalue weighted by Gasteiger charge is -2.19. The van der Waals surface area contributed by atoms with Crippen molar-refractivity contribution in [2.24, 2.45) is 5.92 Å². The van der Waals surface area contributed by atoms with E-state index in [1.165, 1.54) is 11.3 Å². The van der Waals surface area contributed by atoms with Crippen LogP contribution in [-0.2, 0) is 16.0 Å². The van der Waals surface area contributed by atoms with E-state index in [1.54, 1.807) is 7.11 Å². The summed E-state index contributed by atoms with van der Waals surface area (Å²) in [6.45, 7) is 3.70. The zero-order valence-corrected chi connectivity index (χ0v) is 15.3. The van der Waals surface area contributed by atoms with Gasteiger partial charge in [0.1, 0.15) is 16.8 Å². The van der Waals surface area contributed by atoms with E-state index in [9.17, 15) is 14.7 Å². The summed E-state index contributed by atoms with van der Waals surface area (Å²) in [5.74, 6) is -0.748. The molecular weight excluding hydrogens is 340 g/mol. The van der Waals surface area contributed by atoms with Gasteiger partial charge in [-0.2, -0.15) is 0 Å². The van der Waals surface area contributed by atoms with E-state index < -0.39 is 12.0 Å². The van der Waals surface area contributed by atoms with Crippen molar-refractivity contribution in [1.29, 1.82) is 0 Å². The van der Waals surface area contributed by atoms with Crippen LogP contribution in [0.15, 0.2) is 29.6 Å². The van der Waals surface area contributed by atoms with E-state index in [2.05, 4.69) is 10.3 Å². The molecule has 0 fully saturated rings. The molecule has 6 nitrogen and oxygen atoms in total. The molecule has 2 aromatic rings. The molecule has 1 aromatic heterocycles. The average Bonchev–Trinajstić information content (AvgIpc) is 3.07. The molecule has 2 N–H and O–H groups in total. The molecule has 1 aromatic carbocycles. The molecule has 0 saturated carbocycles. The van der Waals surface area contributed by atoms with Crippen LogP contribution < -0.4 is 10.1 Å². The first-order chi connectivity index (χ1) is 11.9. The van der Waals surface area contributed by atoms with Crippen molar-refractivity contribution in [2.45, 2.75) is 32.7 Å². The Morgan fingerprint density at radius 2 is 2.16 bits per heavy atom. The van der Waals surface area contributed by atoms with Crippen molar-refractivity contribution in [3.05, 3.63) is 35.3 Å². The highest BCUT2D eigenvalue weighted by molar-refractivity contribution is 7.13. The Morgan fingerprint density at radius 3 is 2.80 bits per heavy atom. The normalized spacial score (nSPS) is 13.1. The lowest BCUT2D eigenvalue weighted by atomic mass is 9.99. The molecule has 7 heteroatoms. The maximum atomic E-state index is 12.2. The van der Waals surface area contributed by atoms with Gasteiger partial charge in [-0.05, 0) is 18.1 Å². The van der Waals surface area contributed by atoms with Crippen LogP contribution in [0.2, 0.25) is 0 Å². The van der Waals surface area contributed by atoms with Crippen LogP contribution in [0.4, 0.5) is 0 Å². The van der Waals surface area contributed by atoms with Gasteiger partial charge in [-0.1, -0.05) is 32.4 Å². The number of amides is 1. The Bertz CT molecular complexity index is 744. The van der Waals surface area contributed by atoms with E-state index in [4.69, 9.17) is 4.74 Å². The van der Waals surface area contributed by atoms with Crippen LogP contribution in [0, 0.1) is 5.92 Å². The number of aliphatic carboxylic acids is 1. The van der Waals surface area contributed by atoms with Crippen LogP contribution >= 0.6 is 11.3 Å². The number of carboxylic acids is 1. The number of carbonyl (C=O) groups is 2. The van der Waals surface area contributed by atoms with Gasteiger partial charge in [0.05, 0.1) is 19.2 Å². The zero-order chi connectivity index (χ0) is 18.4. The number of ether oxygens (including phenoxy) is 1. The van der Waals surface area contributed by atoms with Gasteiger partial charge in [0, 0.05) is 10.9 Å². The van der Waals surface area contributed by atoms with Gasteiger partial charge in [-0.25, -0.2) is 9.78 Å². The van der Waals surface area contributed by atoms with Crippen molar-refractivity contribution in [1.82, 2.24) is 10.3 Å². The first-order valence-electron chi connectivity index (χ1n) is 8.05. The predicted octanol–water partition coefficient (Wildman–Crippen LogP) is 2.98. The summed E-state index contributed by atoms with van der Waals surface area (Å²) in [4.78, 5) is 27.9. The van der Waals surface area contributed by atoms with Gasteiger partial charge in [-0.3, -0.25) is 4.79 Å². The number of methoxy groups -OCH3 is 1. The van der Waals surface area contributed by atoms with Crippen molar-refractivity contribution in [2.75, 3.05) is 7.11 Å². The first kappa shape index (κ1) is 18.9. The quantitative estimate of drug-likeness (QED) is 0.754. The monoisotopic (exact) mass is 362 g/mol. The maximum Gasteiger partial charge on any atom is 0.326 e. The Hall–Kier alpha value is -2.41. The van der Waals surface area contributed by atoms with Gasteiger partial charge in [0.2, 0.25) is 5.91 Å². The average molecular weight is 362 g/mol. The largest absolute Gasteiger partial charge is 0.497 e. The summed E-state index contributed by atoms with van der Waals surface area (Å²) >= 11 is 1.44. The number of aromatic nitrogens is 1. The molecule has 2 rings (SSSR count). The molecule has 0 saturated heterocycles. The zero-order valence-electron chi connectivity index (χ0n) is 14.5. The van der Waals surface area contributed by atoms with Crippen molar-refractivity contribution >= 4 is 23.2 Å². The number of rotatable bonds is 8. The third-order valence-corrected chi connectivity index (χ3v) is 4.95. The molecule has 0 bridgehead atoms. The van der Waals surface area contributed by atoms with E-state index >= 15 is 0 Å². The van der Waals surface area contributed by atoms with E-state index in [-0.39, 0.29) is 18.2 Å². The molecule has 0 unspecified atom stereocenters. The smallest absolute Gasteiger partial charge is 0.326 e. The topological polar surface area (TPSA) is 88.5 Å². The first-order valence-corrected chi connectivity index (χ1v) is 8.93. The second kappa shape index (κ2) is 8.62. The number of hydrogen-bond acceptors (Lipinski definition) is 5. The van der Waals surface area contributed by atoms with E-state index in [1.807, 2.05) is 43.5 Å². The molecule has 0 aliphatic heterocycles. The molecule has 134 valence electrons. The van der Waals surface area contributed by atoms with Gasteiger partial charge < -0.3 is 15.2 Å². The fourth-order valence-electron chi connectivity index (χ4n) is 2.35. The molecule has 25 heavy (non-hydrogen) atoms. The van der Waals surface area contributed by atoms with Gasteiger partial charge >= 0.3 is 5.97 Å². The Morgan fingerprint density at radius 1 is 1.40 bits per heavy atom. The number of nitrogens with zero attached hydrogens (tertiary/aromatic N) is 1. The van der Waals surface area contributed by atoms with E-state index in [0.29, 0.717) is 12.1 Å². The van der Waals surface area contributed by atoms with Crippen molar-refractivity contribution < 1.29 is 19.4 Å². The highest BCUT2D eigenvalue weighted by atomic mass is 32.1. The highest BCUT2D eigenvalue weighted by Crippen LogP contribution is 2.27. The summed E-state index contributed by atoms with van der Waals surface area (Å²) in [7, 11) is 1.60. The van der Waals surface area contributed by atoms with Gasteiger partial charge in [0.25, 0.3) is 0 Å². The lowest BCUT2D eigenvalue weighted by molar-refractivity contribution is -0.143. The molecule has 0 radical (unpaired) electrons. The summed E-state index contributed by atoms with van der Waals surface area (Å²) in [5.41, 5.74) is 1.53. The third kappa shape index (κ3) is 5.03. The van der Waals surface area contributed by atoms with Crippen molar-refractivity contribution in [3.8, 4) is 16.3 Å². The minimum absolute atomic E-state index is 0.0562. The summed E-state index contributed by atoms with van der Waals surface area (Å²) in [6.07, 6.45) is 0.731. The molecule has 0 aliphatic carbocycles. The molecule has 0 spiro atoms. The lowest BCUT2D eigenvalue weighted by Crippen LogP contribution is -2.45. The summed E-state index contributed by atoms with van der Waals surface area (Å²) in [6, 6.07) is 6.66. The standard InChI is InChI=1S/C18H22N2O4S/c1-4-11(2)16(18(22)23)20-15(21)9-13-10-25-17(19-13)12-6-5-7-14(8-12)24-3/h5-8,10-11,16H,4,9H2,1-3H3,(H,20,21)(H,22,23)/t11-,16+/m0/s1. The van der Waals surface area contributed by atoms with Crippen LogP contribution in [0.3, 0.4) is 0 Å². The molecule has 1 amide bonds. The molecule has 2 atom stereocenters. The second-order valence-electron chi connectivity index (χ2n) is 5.82. The Balaban J connectivity index is 2.05. The molecule has 0 aliphatic rings. The highest BCUT2D eigenvalue weighted by Gasteiger charge is 2.25. The number of benzene rings is 1. The predicted molar refractivity (Wildman–Crippen MR) is 96.8 cm³/mol. The Labute approximate surface area is 150 Å². The van der Waals surface area contributed by atoms with Gasteiger partial charge in [0.15, 0.2) is 0 Å².